The molecule has 1 aromatic carbocycles. The molecular formula is C15H20FN3. The maximum atomic E-state index is 14.0. The van der Waals surface area contributed by atoms with Crippen LogP contribution in [0.3, 0.4) is 0 Å². The minimum atomic E-state index is -0.206. The van der Waals surface area contributed by atoms with Gasteiger partial charge in [-0.15, -0.1) is 0 Å². The highest BCUT2D eigenvalue weighted by Crippen LogP contribution is 2.19. The van der Waals surface area contributed by atoms with Crippen LogP contribution in [-0.4, -0.2) is 15.3 Å². The summed E-state index contributed by atoms with van der Waals surface area (Å²) in [7, 11) is 0. The van der Waals surface area contributed by atoms with Crippen molar-refractivity contribution >= 4 is 0 Å². The van der Waals surface area contributed by atoms with Gasteiger partial charge in [0.1, 0.15) is 5.82 Å². The molecular weight excluding hydrogens is 241 g/mol. The molecule has 0 aliphatic rings. The lowest BCUT2D eigenvalue weighted by Crippen LogP contribution is -2.35. The minimum absolute atomic E-state index is 0.0560. The molecule has 102 valence electrons. The molecule has 1 N–H and O–H groups in total. The summed E-state index contributed by atoms with van der Waals surface area (Å²) in [4.78, 5) is 0. The molecule has 0 amide bonds. The van der Waals surface area contributed by atoms with Gasteiger partial charge in [-0.2, -0.15) is 5.10 Å². The van der Waals surface area contributed by atoms with Crippen LogP contribution in [0.2, 0.25) is 0 Å². The van der Waals surface area contributed by atoms with Gasteiger partial charge in [-0.3, -0.25) is 0 Å². The molecule has 2 aromatic rings. The average Bonchev–Trinajstić information content (AvgIpc) is 2.72. The van der Waals surface area contributed by atoms with Crippen molar-refractivity contribution in [3.8, 4) is 5.69 Å². The normalized spacial score (nSPS) is 11.8. The first-order valence-corrected chi connectivity index (χ1v) is 6.41. The molecule has 0 atom stereocenters. The van der Waals surface area contributed by atoms with Crippen molar-refractivity contribution in [2.24, 2.45) is 0 Å². The lowest BCUT2D eigenvalue weighted by molar-refractivity contribution is 0.418. The van der Waals surface area contributed by atoms with Crippen molar-refractivity contribution in [3.05, 3.63) is 47.5 Å². The van der Waals surface area contributed by atoms with Gasteiger partial charge >= 0.3 is 0 Å². The van der Waals surface area contributed by atoms with Gasteiger partial charge in [0, 0.05) is 23.8 Å². The van der Waals surface area contributed by atoms with Gasteiger partial charge in [-0.25, -0.2) is 9.07 Å². The predicted molar refractivity (Wildman–Crippen MR) is 74.9 cm³/mol. The van der Waals surface area contributed by atoms with Gasteiger partial charge < -0.3 is 5.32 Å². The van der Waals surface area contributed by atoms with Gasteiger partial charge in [-0.1, -0.05) is 6.07 Å². The van der Waals surface area contributed by atoms with E-state index in [0.717, 1.165) is 11.3 Å². The van der Waals surface area contributed by atoms with E-state index in [9.17, 15) is 4.39 Å². The fraction of sp³-hybridized carbons (Fsp3) is 0.400. The summed E-state index contributed by atoms with van der Waals surface area (Å²) in [6.07, 6.45) is 3.67. The number of rotatable bonds is 3. The fourth-order valence-corrected chi connectivity index (χ4v) is 1.84. The number of benzene rings is 1. The van der Waals surface area contributed by atoms with Crippen LogP contribution in [0.25, 0.3) is 5.69 Å². The molecule has 3 nitrogen and oxygen atoms in total. The zero-order valence-corrected chi connectivity index (χ0v) is 11.9. The highest BCUT2D eigenvalue weighted by Gasteiger charge is 2.14. The van der Waals surface area contributed by atoms with E-state index in [2.05, 4.69) is 31.2 Å². The second-order valence-corrected chi connectivity index (χ2v) is 5.80. The van der Waals surface area contributed by atoms with Crippen molar-refractivity contribution in [3.63, 3.8) is 0 Å². The molecule has 1 heterocycles. The van der Waals surface area contributed by atoms with Crippen LogP contribution >= 0.6 is 0 Å². The summed E-state index contributed by atoms with van der Waals surface area (Å²) in [6, 6.07) is 5.08. The maximum Gasteiger partial charge on any atom is 0.129 e. The van der Waals surface area contributed by atoms with E-state index in [1.807, 2.05) is 19.2 Å². The molecule has 0 aliphatic carbocycles. The summed E-state index contributed by atoms with van der Waals surface area (Å²) in [5.41, 5.74) is 2.42. The molecule has 0 bridgehead atoms. The van der Waals surface area contributed by atoms with E-state index in [1.54, 1.807) is 16.9 Å². The molecule has 1 aromatic heterocycles. The van der Waals surface area contributed by atoms with E-state index in [1.165, 1.54) is 6.07 Å². The Morgan fingerprint density at radius 2 is 2.05 bits per heavy atom. The highest BCUT2D eigenvalue weighted by atomic mass is 19.1. The monoisotopic (exact) mass is 261 g/mol. The number of nitrogens with zero attached hydrogens (tertiary/aromatic N) is 2. The Kier molecular flexibility index (Phi) is 3.71. The van der Waals surface area contributed by atoms with E-state index in [4.69, 9.17) is 0 Å². The minimum Gasteiger partial charge on any atom is -0.308 e. The first-order valence-electron chi connectivity index (χ1n) is 6.41. The number of aromatic nitrogens is 2. The largest absolute Gasteiger partial charge is 0.308 e. The van der Waals surface area contributed by atoms with E-state index < -0.39 is 0 Å². The molecule has 0 fully saturated rings. The van der Waals surface area contributed by atoms with Crippen molar-refractivity contribution in [2.75, 3.05) is 0 Å². The molecule has 0 spiro atoms. The number of hydrogen-bond donors (Lipinski definition) is 1. The molecule has 0 saturated carbocycles. The SMILES string of the molecule is Cc1cnn(-c2cccc(F)c2CNC(C)(C)C)c1. The second kappa shape index (κ2) is 5.13. The van der Waals surface area contributed by atoms with Crippen LogP contribution in [0.4, 0.5) is 4.39 Å². The third-order valence-electron chi connectivity index (χ3n) is 2.85. The Hall–Kier alpha value is -1.68. The lowest BCUT2D eigenvalue weighted by atomic mass is 10.1. The van der Waals surface area contributed by atoms with Crippen LogP contribution in [0.5, 0.6) is 0 Å². The van der Waals surface area contributed by atoms with Crippen molar-refractivity contribution in [1.82, 2.24) is 15.1 Å². The average molecular weight is 261 g/mol. The van der Waals surface area contributed by atoms with Crippen molar-refractivity contribution in [2.45, 2.75) is 39.8 Å². The molecule has 0 radical (unpaired) electrons. The van der Waals surface area contributed by atoms with Gasteiger partial charge in [0.2, 0.25) is 0 Å². The molecule has 19 heavy (non-hydrogen) atoms. The molecule has 0 aliphatic heterocycles. The molecule has 4 heteroatoms. The summed E-state index contributed by atoms with van der Waals surface area (Å²) in [5, 5.41) is 7.57. The van der Waals surface area contributed by atoms with Crippen molar-refractivity contribution in [1.29, 1.82) is 0 Å². The van der Waals surface area contributed by atoms with Crippen LogP contribution in [-0.2, 0) is 6.54 Å². The van der Waals surface area contributed by atoms with E-state index >= 15 is 0 Å². The summed E-state index contributed by atoms with van der Waals surface area (Å²) < 4.78 is 15.8. The predicted octanol–water partition coefficient (Wildman–Crippen LogP) is 3.21. The molecule has 0 unspecified atom stereocenters. The van der Waals surface area contributed by atoms with Crippen LogP contribution < -0.4 is 5.32 Å². The fourth-order valence-electron chi connectivity index (χ4n) is 1.84. The third-order valence-corrected chi connectivity index (χ3v) is 2.85. The third kappa shape index (κ3) is 3.41. The number of hydrogen-bond acceptors (Lipinski definition) is 2. The molecule has 2 rings (SSSR count). The number of nitrogens with one attached hydrogen (secondary N) is 1. The first-order chi connectivity index (χ1) is 8.87. The summed E-state index contributed by atoms with van der Waals surface area (Å²) in [5.74, 6) is -0.206. The van der Waals surface area contributed by atoms with Gasteiger partial charge in [-0.05, 0) is 45.4 Å². The zero-order valence-electron chi connectivity index (χ0n) is 11.9. The summed E-state index contributed by atoms with van der Waals surface area (Å²) >= 11 is 0. The Labute approximate surface area is 113 Å². The lowest BCUT2D eigenvalue weighted by Gasteiger charge is -2.22. The quantitative estimate of drug-likeness (QED) is 0.919. The van der Waals surface area contributed by atoms with Gasteiger partial charge in [0.15, 0.2) is 0 Å². The van der Waals surface area contributed by atoms with E-state index in [0.29, 0.717) is 12.1 Å². The highest BCUT2D eigenvalue weighted by molar-refractivity contribution is 5.41. The Balaban J connectivity index is 2.36. The topological polar surface area (TPSA) is 29.9 Å². The number of aryl methyl sites for hydroxylation is 1. The Bertz CT molecular complexity index is 567. The standard InChI is InChI=1S/C15H20FN3/c1-11-8-18-19(10-11)14-7-5-6-13(16)12(14)9-17-15(2,3)4/h5-8,10,17H,9H2,1-4H3. The Morgan fingerprint density at radius 3 is 2.63 bits per heavy atom. The number of halogens is 1. The second-order valence-electron chi connectivity index (χ2n) is 5.80. The van der Waals surface area contributed by atoms with Crippen molar-refractivity contribution < 1.29 is 4.39 Å². The molecule has 0 saturated heterocycles. The van der Waals surface area contributed by atoms with E-state index in [-0.39, 0.29) is 11.4 Å². The summed E-state index contributed by atoms with van der Waals surface area (Å²) in [6.45, 7) is 8.63. The van der Waals surface area contributed by atoms with Crippen LogP contribution in [0.1, 0.15) is 31.9 Å². The van der Waals surface area contributed by atoms with Crippen LogP contribution in [0.15, 0.2) is 30.6 Å². The van der Waals surface area contributed by atoms with Crippen LogP contribution in [0, 0.1) is 12.7 Å². The smallest absolute Gasteiger partial charge is 0.129 e. The first kappa shape index (κ1) is 13.7. The maximum absolute atomic E-state index is 14.0. The van der Waals surface area contributed by atoms with Gasteiger partial charge in [0.05, 0.1) is 11.9 Å². The van der Waals surface area contributed by atoms with Gasteiger partial charge in [0.25, 0.3) is 0 Å². The Morgan fingerprint density at radius 1 is 1.32 bits per heavy atom. The zero-order chi connectivity index (χ0) is 14.0.